The number of hydrogen-bond donors (Lipinski definition) is 2. The first-order chi connectivity index (χ1) is 8.70. The van der Waals surface area contributed by atoms with Crippen molar-refractivity contribution in [2.24, 2.45) is 11.7 Å². The SMILES string of the molecule is CC(CN)CNC(=O)Cc1csc2ccccc12. The van der Waals surface area contributed by atoms with E-state index in [0.29, 0.717) is 25.4 Å². The van der Waals surface area contributed by atoms with E-state index in [1.165, 1.54) is 10.1 Å². The highest BCUT2D eigenvalue weighted by Gasteiger charge is 2.09. The van der Waals surface area contributed by atoms with Crippen molar-refractivity contribution in [3.63, 3.8) is 0 Å². The molecule has 1 aromatic heterocycles. The first-order valence-corrected chi connectivity index (χ1v) is 7.00. The van der Waals surface area contributed by atoms with Gasteiger partial charge in [-0.3, -0.25) is 4.79 Å². The highest BCUT2D eigenvalue weighted by molar-refractivity contribution is 7.17. The summed E-state index contributed by atoms with van der Waals surface area (Å²) in [6, 6.07) is 8.17. The molecule has 1 amide bonds. The number of thiophene rings is 1. The Morgan fingerprint density at radius 2 is 2.22 bits per heavy atom. The zero-order valence-corrected chi connectivity index (χ0v) is 11.3. The van der Waals surface area contributed by atoms with Crippen LogP contribution in [0.3, 0.4) is 0 Å². The van der Waals surface area contributed by atoms with Gasteiger partial charge in [-0.15, -0.1) is 11.3 Å². The average molecular weight is 262 g/mol. The van der Waals surface area contributed by atoms with Gasteiger partial charge in [0.1, 0.15) is 0 Å². The van der Waals surface area contributed by atoms with Crippen LogP contribution in [0.1, 0.15) is 12.5 Å². The summed E-state index contributed by atoms with van der Waals surface area (Å²) in [6.07, 6.45) is 0.446. The van der Waals surface area contributed by atoms with E-state index in [1.807, 2.05) is 19.1 Å². The predicted octanol–water partition coefficient (Wildman–Crippen LogP) is 2.15. The van der Waals surface area contributed by atoms with Crippen molar-refractivity contribution >= 4 is 27.3 Å². The number of fused-ring (bicyclic) bond motifs is 1. The molecule has 0 saturated heterocycles. The van der Waals surface area contributed by atoms with Crippen LogP contribution < -0.4 is 11.1 Å². The molecular weight excluding hydrogens is 244 g/mol. The molecule has 0 saturated carbocycles. The highest BCUT2D eigenvalue weighted by atomic mass is 32.1. The van der Waals surface area contributed by atoms with Crippen LogP contribution in [0.5, 0.6) is 0 Å². The lowest BCUT2D eigenvalue weighted by molar-refractivity contribution is -0.120. The summed E-state index contributed by atoms with van der Waals surface area (Å²) in [5.74, 6) is 0.395. The molecule has 0 bridgehead atoms. The van der Waals surface area contributed by atoms with E-state index in [1.54, 1.807) is 11.3 Å². The van der Waals surface area contributed by atoms with Gasteiger partial charge in [-0.1, -0.05) is 25.1 Å². The fourth-order valence-electron chi connectivity index (χ4n) is 1.78. The van der Waals surface area contributed by atoms with Gasteiger partial charge in [-0.05, 0) is 34.9 Å². The van der Waals surface area contributed by atoms with E-state index in [0.717, 1.165) is 5.56 Å². The van der Waals surface area contributed by atoms with Crippen molar-refractivity contribution in [1.82, 2.24) is 5.32 Å². The van der Waals surface area contributed by atoms with E-state index in [2.05, 4.69) is 22.8 Å². The minimum Gasteiger partial charge on any atom is -0.355 e. The third-order valence-corrected chi connectivity index (χ3v) is 3.97. The van der Waals surface area contributed by atoms with Crippen LogP contribution in [0.15, 0.2) is 29.6 Å². The van der Waals surface area contributed by atoms with Crippen LogP contribution in [-0.4, -0.2) is 19.0 Å². The van der Waals surface area contributed by atoms with Gasteiger partial charge >= 0.3 is 0 Å². The van der Waals surface area contributed by atoms with Crippen molar-refractivity contribution < 1.29 is 4.79 Å². The molecule has 1 atom stereocenters. The number of amides is 1. The average Bonchev–Trinajstić information content (AvgIpc) is 2.79. The summed E-state index contributed by atoms with van der Waals surface area (Å²) in [5.41, 5.74) is 6.62. The normalized spacial score (nSPS) is 12.6. The van der Waals surface area contributed by atoms with Crippen LogP contribution in [0, 0.1) is 5.92 Å². The van der Waals surface area contributed by atoms with E-state index in [9.17, 15) is 4.79 Å². The lowest BCUT2D eigenvalue weighted by Gasteiger charge is -2.09. The molecule has 0 fully saturated rings. The van der Waals surface area contributed by atoms with Gasteiger partial charge in [0.25, 0.3) is 0 Å². The minimum atomic E-state index is 0.0684. The van der Waals surface area contributed by atoms with Crippen molar-refractivity contribution in [2.75, 3.05) is 13.1 Å². The van der Waals surface area contributed by atoms with Crippen LogP contribution in [0.25, 0.3) is 10.1 Å². The Kier molecular flexibility index (Phi) is 4.33. The van der Waals surface area contributed by atoms with Gasteiger partial charge in [0, 0.05) is 11.2 Å². The quantitative estimate of drug-likeness (QED) is 0.867. The maximum Gasteiger partial charge on any atom is 0.224 e. The molecule has 1 heterocycles. The van der Waals surface area contributed by atoms with E-state index < -0.39 is 0 Å². The Morgan fingerprint density at radius 3 is 3.00 bits per heavy atom. The minimum absolute atomic E-state index is 0.0684. The maximum atomic E-state index is 11.8. The summed E-state index contributed by atoms with van der Waals surface area (Å²) in [7, 11) is 0. The molecule has 2 aromatic rings. The first kappa shape index (κ1) is 13.1. The van der Waals surface area contributed by atoms with Crippen molar-refractivity contribution in [3.8, 4) is 0 Å². The zero-order chi connectivity index (χ0) is 13.0. The molecule has 1 unspecified atom stereocenters. The summed E-state index contributed by atoms with van der Waals surface area (Å²) in [4.78, 5) is 11.8. The molecule has 0 aliphatic heterocycles. The monoisotopic (exact) mass is 262 g/mol. The molecule has 18 heavy (non-hydrogen) atoms. The number of rotatable bonds is 5. The third-order valence-electron chi connectivity index (χ3n) is 2.96. The number of hydrogen-bond acceptors (Lipinski definition) is 3. The second-order valence-corrected chi connectivity index (χ2v) is 5.49. The molecule has 4 heteroatoms. The fraction of sp³-hybridized carbons (Fsp3) is 0.357. The Hall–Kier alpha value is -1.39. The standard InChI is InChI=1S/C14H18N2OS/c1-10(7-15)8-16-14(17)6-11-9-18-13-5-3-2-4-12(11)13/h2-5,9-10H,6-8,15H2,1H3,(H,16,17). The van der Waals surface area contributed by atoms with E-state index in [-0.39, 0.29) is 5.91 Å². The summed E-state index contributed by atoms with van der Waals surface area (Å²) in [6.45, 7) is 3.28. The molecule has 3 nitrogen and oxygen atoms in total. The number of carbonyl (C=O) groups excluding carboxylic acids is 1. The Labute approximate surface area is 111 Å². The molecule has 3 N–H and O–H groups in total. The van der Waals surface area contributed by atoms with Gasteiger partial charge in [0.2, 0.25) is 5.91 Å². The second kappa shape index (κ2) is 5.98. The Morgan fingerprint density at radius 1 is 1.44 bits per heavy atom. The Balaban J connectivity index is 1.99. The van der Waals surface area contributed by atoms with Crippen LogP contribution in [-0.2, 0) is 11.2 Å². The van der Waals surface area contributed by atoms with Crippen LogP contribution >= 0.6 is 11.3 Å². The number of benzene rings is 1. The molecule has 0 spiro atoms. The molecule has 0 aliphatic carbocycles. The zero-order valence-electron chi connectivity index (χ0n) is 10.5. The molecule has 1 aromatic carbocycles. The van der Waals surface area contributed by atoms with Gasteiger partial charge in [-0.25, -0.2) is 0 Å². The molecular formula is C14H18N2OS. The molecule has 96 valence electrons. The number of carbonyl (C=O) groups is 1. The fourth-order valence-corrected chi connectivity index (χ4v) is 2.74. The topological polar surface area (TPSA) is 55.1 Å². The molecule has 2 rings (SSSR count). The van der Waals surface area contributed by atoms with E-state index in [4.69, 9.17) is 5.73 Å². The van der Waals surface area contributed by atoms with Crippen molar-refractivity contribution in [3.05, 3.63) is 35.2 Å². The van der Waals surface area contributed by atoms with E-state index >= 15 is 0 Å². The van der Waals surface area contributed by atoms with Gasteiger partial charge < -0.3 is 11.1 Å². The highest BCUT2D eigenvalue weighted by Crippen LogP contribution is 2.25. The maximum absolute atomic E-state index is 11.8. The van der Waals surface area contributed by atoms with Gasteiger partial charge in [-0.2, -0.15) is 0 Å². The lowest BCUT2D eigenvalue weighted by atomic mass is 10.1. The smallest absolute Gasteiger partial charge is 0.224 e. The summed E-state index contributed by atoms with van der Waals surface area (Å²) in [5, 5.41) is 6.17. The lowest BCUT2D eigenvalue weighted by Crippen LogP contribution is -2.32. The van der Waals surface area contributed by atoms with Crippen molar-refractivity contribution in [2.45, 2.75) is 13.3 Å². The first-order valence-electron chi connectivity index (χ1n) is 6.12. The van der Waals surface area contributed by atoms with Gasteiger partial charge in [0.15, 0.2) is 0 Å². The van der Waals surface area contributed by atoms with Crippen LogP contribution in [0.2, 0.25) is 0 Å². The van der Waals surface area contributed by atoms with Crippen LogP contribution in [0.4, 0.5) is 0 Å². The number of nitrogens with two attached hydrogens (primary N) is 1. The largest absolute Gasteiger partial charge is 0.355 e. The number of nitrogens with one attached hydrogen (secondary N) is 1. The van der Waals surface area contributed by atoms with Gasteiger partial charge in [0.05, 0.1) is 6.42 Å². The summed E-state index contributed by atoms with van der Waals surface area (Å²) < 4.78 is 1.23. The molecule has 0 aliphatic rings. The van der Waals surface area contributed by atoms with Crippen molar-refractivity contribution in [1.29, 1.82) is 0 Å². The third kappa shape index (κ3) is 3.09. The summed E-state index contributed by atoms with van der Waals surface area (Å²) >= 11 is 1.68. The second-order valence-electron chi connectivity index (χ2n) is 4.58. The Bertz CT molecular complexity index is 535. The predicted molar refractivity (Wildman–Crippen MR) is 76.8 cm³/mol. The molecule has 0 radical (unpaired) electrons.